The first-order valence-corrected chi connectivity index (χ1v) is 8.76. The number of likely N-dealkylation sites (tertiary alicyclic amines) is 1. The summed E-state index contributed by atoms with van der Waals surface area (Å²) in [5.41, 5.74) is 0. The Labute approximate surface area is 145 Å². The van der Waals surface area contributed by atoms with Gasteiger partial charge in [-0.3, -0.25) is 4.79 Å². The molecule has 24 heavy (non-hydrogen) atoms. The van der Waals surface area contributed by atoms with Gasteiger partial charge >= 0.3 is 0 Å². The van der Waals surface area contributed by atoms with Crippen LogP contribution in [-0.4, -0.2) is 44.3 Å². The van der Waals surface area contributed by atoms with Crippen molar-refractivity contribution in [2.75, 3.05) is 27.4 Å². The number of nitrogens with zero attached hydrogens (tertiary/aromatic N) is 1. The lowest BCUT2D eigenvalue weighted by atomic mass is 9.95. The van der Waals surface area contributed by atoms with Crippen molar-refractivity contribution in [1.29, 1.82) is 0 Å². The highest BCUT2D eigenvalue weighted by atomic mass is 32.1. The van der Waals surface area contributed by atoms with E-state index >= 15 is 0 Å². The number of rotatable bonds is 8. The monoisotopic (exact) mass is 347 g/mol. The van der Waals surface area contributed by atoms with Gasteiger partial charge in [-0.1, -0.05) is 12.1 Å². The zero-order chi connectivity index (χ0) is 16.9. The van der Waals surface area contributed by atoms with Crippen LogP contribution in [0.2, 0.25) is 0 Å². The van der Waals surface area contributed by atoms with Crippen LogP contribution in [0, 0.1) is 0 Å². The Balaban J connectivity index is 1.74. The highest BCUT2D eigenvalue weighted by Crippen LogP contribution is 2.40. The molecular weight excluding hydrogens is 326 g/mol. The number of carbonyl (C=O) groups is 1. The van der Waals surface area contributed by atoms with E-state index in [4.69, 9.17) is 14.2 Å². The molecule has 1 aromatic carbocycles. The third kappa shape index (κ3) is 3.39. The molecule has 1 amide bonds. The molecule has 2 aromatic rings. The standard InChI is InChI=1S/C18H21NO4S/c1-21-10-5-9-19-16(15-8-4-11-24-15)17(18(19)20)23-14-7-3-6-13(12-14)22-2/h3-4,6-8,11-12,16-17H,5,9-10H2,1-2H3/t16-,17-/m0/s1. The van der Waals surface area contributed by atoms with Gasteiger partial charge in [0.2, 0.25) is 6.10 Å². The third-order valence-electron chi connectivity index (χ3n) is 4.04. The Hall–Kier alpha value is -2.05. The first-order chi connectivity index (χ1) is 11.7. The zero-order valence-corrected chi connectivity index (χ0v) is 14.6. The molecule has 128 valence electrons. The number of hydrogen-bond acceptors (Lipinski definition) is 5. The quantitative estimate of drug-likeness (QED) is 0.544. The lowest BCUT2D eigenvalue weighted by molar-refractivity contribution is -0.164. The van der Waals surface area contributed by atoms with E-state index in [1.165, 1.54) is 0 Å². The van der Waals surface area contributed by atoms with Crippen molar-refractivity contribution in [1.82, 2.24) is 4.90 Å². The summed E-state index contributed by atoms with van der Waals surface area (Å²) in [5, 5.41) is 2.02. The van der Waals surface area contributed by atoms with Crippen molar-refractivity contribution in [2.45, 2.75) is 18.6 Å². The van der Waals surface area contributed by atoms with Gasteiger partial charge in [0.15, 0.2) is 0 Å². The molecule has 1 fully saturated rings. The molecule has 0 spiro atoms. The molecule has 0 N–H and O–H groups in total. The number of β-lactam (4-membered cyclic amide) rings is 1. The Morgan fingerprint density at radius 2 is 2.00 bits per heavy atom. The number of ether oxygens (including phenoxy) is 3. The maximum Gasteiger partial charge on any atom is 0.266 e. The molecule has 1 saturated heterocycles. The molecule has 2 heterocycles. The zero-order valence-electron chi connectivity index (χ0n) is 13.8. The molecule has 6 heteroatoms. The minimum Gasteiger partial charge on any atom is -0.497 e. The van der Waals surface area contributed by atoms with Gasteiger partial charge in [0.05, 0.1) is 7.11 Å². The topological polar surface area (TPSA) is 48.0 Å². The van der Waals surface area contributed by atoms with Crippen LogP contribution >= 0.6 is 11.3 Å². The van der Waals surface area contributed by atoms with Gasteiger partial charge in [-0.2, -0.15) is 0 Å². The van der Waals surface area contributed by atoms with Gasteiger partial charge in [-0.25, -0.2) is 0 Å². The molecule has 0 saturated carbocycles. The molecule has 0 unspecified atom stereocenters. The molecule has 0 aliphatic carbocycles. The van der Waals surface area contributed by atoms with Crippen molar-refractivity contribution in [3.05, 3.63) is 46.7 Å². The van der Waals surface area contributed by atoms with E-state index in [-0.39, 0.29) is 11.9 Å². The maximum atomic E-state index is 12.6. The van der Waals surface area contributed by atoms with Gasteiger partial charge in [0, 0.05) is 31.2 Å². The average Bonchev–Trinajstić information content (AvgIpc) is 3.13. The number of benzene rings is 1. The number of thiophene rings is 1. The number of hydrogen-bond donors (Lipinski definition) is 0. The third-order valence-corrected chi connectivity index (χ3v) is 4.98. The first-order valence-electron chi connectivity index (χ1n) is 7.88. The van der Waals surface area contributed by atoms with E-state index in [2.05, 4.69) is 0 Å². The summed E-state index contributed by atoms with van der Waals surface area (Å²) in [7, 11) is 3.28. The van der Waals surface area contributed by atoms with Crippen molar-refractivity contribution in [2.24, 2.45) is 0 Å². The van der Waals surface area contributed by atoms with Crippen LogP contribution < -0.4 is 9.47 Å². The lowest BCUT2D eigenvalue weighted by Gasteiger charge is -2.46. The van der Waals surface area contributed by atoms with E-state index in [9.17, 15) is 4.79 Å². The summed E-state index contributed by atoms with van der Waals surface area (Å²) >= 11 is 1.64. The normalized spacial score (nSPS) is 19.9. The molecule has 0 bridgehead atoms. The van der Waals surface area contributed by atoms with Crippen molar-refractivity contribution >= 4 is 17.2 Å². The second kappa shape index (κ2) is 7.68. The summed E-state index contributed by atoms with van der Waals surface area (Å²) in [6, 6.07) is 11.4. The molecular formula is C18H21NO4S. The average molecular weight is 347 g/mol. The molecule has 1 aromatic heterocycles. The Morgan fingerprint density at radius 3 is 2.71 bits per heavy atom. The van der Waals surface area contributed by atoms with Gasteiger partial charge in [-0.15, -0.1) is 11.3 Å². The maximum absolute atomic E-state index is 12.6. The van der Waals surface area contributed by atoms with Gasteiger partial charge in [0.25, 0.3) is 5.91 Å². The van der Waals surface area contributed by atoms with Crippen LogP contribution in [0.3, 0.4) is 0 Å². The summed E-state index contributed by atoms with van der Waals surface area (Å²) < 4.78 is 16.3. The van der Waals surface area contributed by atoms with Crippen LogP contribution in [0.1, 0.15) is 17.3 Å². The Kier molecular flexibility index (Phi) is 5.37. The van der Waals surface area contributed by atoms with Crippen molar-refractivity contribution in [3.8, 4) is 11.5 Å². The van der Waals surface area contributed by atoms with Crippen LogP contribution in [-0.2, 0) is 9.53 Å². The molecule has 3 rings (SSSR count). The number of amides is 1. The van der Waals surface area contributed by atoms with E-state index in [0.29, 0.717) is 24.7 Å². The van der Waals surface area contributed by atoms with E-state index in [0.717, 1.165) is 11.3 Å². The molecule has 1 aliphatic rings. The first kappa shape index (κ1) is 16.8. The summed E-state index contributed by atoms with van der Waals surface area (Å²) in [4.78, 5) is 15.6. The Bertz CT molecular complexity index is 673. The van der Waals surface area contributed by atoms with E-state index in [1.807, 2.05) is 40.6 Å². The van der Waals surface area contributed by atoms with Gasteiger partial charge < -0.3 is 19.1 Å². The van der Waals surface area contributed by atoms with Crippen LogP contribution in [0.25, 0.3) is 0 Å². The fourth-order valence-electron chi connectivity index (χ4n) is 2.84. The molecule has 1 aliphatic heterocycles. The second-order valence-electron chi connectivity index (χ2n) is 5.56. The fourth-order valence-corrected chi connectivity index (χ4v) is 3.71. The predicted molar refractivity (Wildman–Crippen MR) is 92.7 cm³/mol. The Morgan fingerprint density at radius 1 is 1.17 bits per heavy atom. The highest BCUT2D eigenvalue weighted by Gasteiger charge is 2.50. The highest BCUT2D eigenvalue weighted by molar-refractivity contribution is 7.10. The van der Waals surface area contributed by atoms with Crippen LogP contribution in [0.15, 0.2) is 41.8 Å². The van der Waals surface area contributed by atoms with Gasteiger partial charge in [-0.05, 0) is 30.0 Å². The smallest absolute Gasteiger partial charge is 0.266 e. The van der Waals surface area contributed by atoms with Gasteiger partial charge in [0.1, 0.15) is 17.5 Å². The molecule has 5 nitrogen and oxygen atoms in total. The van der Waals surface area contributed by atoms with Crippen LogP contribution in [0.4, 0.5) is 0 Å². The molecule has 0 radical (unpaired) electrons. The van der Waals surface area contributed by atoms with Crippen LogP contribution in [0.5, 0.6) is 11.5 Å². The van der Waals surface area contributed by atoms with E-state index in [1.54, 1.807) is 31.6 Å². The van der Waals surface area contributed by atoms with E-state index < -0.39 is 6.10 Å². The lowest BCUT2D eigenvalue weighted by Crippen LogP contribution is -2.61. The fraction of sp³-hybridized carbons (Fsp3) is 0.389. The van der Waals surface area contributed by atoms with Crippen molar-refractivity contribution < 1.29 is 19.0 Å². The number of carbonyl (C=O) groups excluding carboxylic acids is 1. The minimum absolute atomic E-state index is 0.0207. The predicted octanol–water partition coefficient (Wildman–Crippen LogP) is 3.12. The SMILES string of the molecule is COCCCN1C(=O)[C@@H](Oc2cccc(OC)c2)[C@@H]1c1cccs1. The summed E-state index contributed by atoms with van der Waals surface area (Å²) in [5.74, 6) is 1.38. The minimum atomic E-state index is -0.488. The molecule has 2 atom stereocenters. The second-order valence-corrected chi connectivity index (χ2v) is 6.53. The summed E-state index contributed by atoms with van der Waals surface area (Å²) in [6.45, 7) is 1.32. The van der Waals surface area contributed by atoms with Crippen molar-refractivity contribution in [3.63, 3.8) is 0 Å². The summed E-state index contributed by atoms with van der Waals surface area (Å²) in [6.07, 6.45) is 0.328. The number of methoxy groups -OCH3 is 2. The largest absolute Gasteiger partial charge is 0.497 e.